The van der Waals surface area contributed by atoms with E-state index in [1.807, 2.05) is 6.07 Å². The Morgan fingerprint density at radius 1 is 1.00 bits per heavy atom. The summed E-state index contributed by atoms with van der Waals surface area (Å²) in [6, 6.07) is 13.4. The van der Waals surface area contributed by atoms with E-state index in [9.17, 15) is 8.42 Å². The highest BCUT2D eigenvalue weighted by Gasteiger charge is 2.11. The normalized spacial score (nSPS) is 11.6. The lowest BCUT2D eigenvalue weighted by molar-refractivity contribution is 0.588. The zero-order valence-corrected chi connectivity index (χ0v) is 19.9. The standard InChI is InChI=1S/C20H28N4O2S.HI/c1-15-10-16(2)12-17(11-15)8-9-23-20(21-3)24-14-18-6-5-7-19(13-18)27(25,26)22-4;/h5-7,10-13,22H,8-9,14H2,1-4H3,(H2,21,23,24);1H. The van der Waals surface area contributed by atoms with Gasteiger partial charge in [0.15, 0.2) is 5.96 Å². The van der Waals surface area contributed by atoms with Gasteiger partial charge in [0.2, 0.25) is 10.0 Å². The molecule has 0 aliphatic heterocycles. The van der Waals surface area contributed by atoms with Crippen molar-refractivity contribution >= 4 is 40.0 Å². The molecular formula is C20H29IN4O2S. The number of benzene rings is 2. The molecule has 0 atom stereocenters. The van der Waals surface area contributed by atoms with Crippen molar-refractivity contribution in [3.63, 3.8) is 0 Å². The highest BCUT2D eigenvalue weighted by Crippen LogP contribution is 2.11. The fourth-order valence-electron chi connectivity index (χ4n) is 2.89. The molecule has 0 amide bonds. The van der Waals surface area contributed by atoms with Crippen LogP contribution in [0, 0.1) is 13.8 Å². The van der Waals surface area contributed by atoms with E-state index in [-0.39, 0.29) is 28.9 Å². The Bertz CT molecular complexity index is 894. The number of aryl methyl sites for hydroxylation is 2. The van der Waals surface area contributed by atoms with E-state index in [1.54, 1.807) is 25.2 Å². The largest absolute Gasteiger partial charge is 0.356 e. The molecule has 6 nitrogen and oxygen atoms in total. The molecule has 0 bridgehead atoms. The van der Waals surface area contributed by atoms with Crippen LogP contribution in [0.1, 0.15) is 22.3 Å². The van der Waals surface area contributed by atoms with Crippen LogP contribution < -0.4 is 15.4 Å². The summed E-state index contributed by atoms with van der Waals surface area (Å²) in [5.41, 5.74) is 4.69. The van der Waals surface area contributed by atoms with Crippen LogP contribution in [0.3, 0.4) is 0 Å². The minimum Gasteiger partial charge on any atom is -0.356 e. The quantitative estimate of drug-likeness (QED) is 0.300. The Morgan fingerprint density at radius 3 is 2.29 bits per heavy atom. The molecule has 0 aromatic heterocycles. The van der Waals surface area contributed by atoms with Crippen LogP contribution in [0.15, 0.2) is 52.4 Å². The van der Waals surface area contributed by atoms with Crippen LogP contribution in [0.25, 0.3) is 0 Å². The Balaban J connectivity index is 0.00000392. The summed E-state index contributed by atoms with van der Waals surface area (Å²) in [5, 5.41) is 6.51. The fourth-order valence-corrected chi connectivity index (χ4v) is 3.69. The van der Waals surface area contributed by atoms with Gasteiger partial charge in [0.25, 0.3) is 0 Å². The molecule has 3 N–H and O–H groups in total. The van der Waals surface area contributed by atoms with Gasteiger partial charge in [-0.3, -0.25) is 4.99 Å². The average Bonchev–Trinajstić information content (AvgIpc) is 2.64. The molecule has 0 unspecified atom stereocenters. The first-order valence-corrected chi connectivity index (χ1v) is 10.4. The number of halogens is 1. The van der Waals surface area contributed by atoms with Crippen molar-refractivity contribution in [1.82, 2.24) is 15.4 Å². The molecule has 0 radical (unpaired) electrons. The average molecular weight is 516 g/mol. The molecule has 0 saturated heterocycles. The minimum atomic E-state index is -3.44. The topological polar surface area (TPSA) is 82.6 Å². The number of nitrogens with zero attached hydrogens (tertiary/aromatic N) is 1. The van der Waals surface area contributed by atoms with Gasteiger partial charge in [0.05, 0.1) is 4.90 Å². The maximum Gasteiger partial charge on any atom is 0.240 e. The molecule has 2 aromatic rings. The number of hydrogen-bond donors (Lipinski definition) is 3. The smallest absolute Gasteiger partial charge is 0.240 e. The number of guanidine groups is 1. The van der Waals surface area contributed by atoms with E-state index < -0.39 is 10.0 Å². The maximum atomic E-state index is 11.9. The summed E-state index contributed by atoms with van der Waals surface area (Å²) in [4.78, 5) is 4.47. The van der Waals surface area contributed by atoms with Crippen LogP contribution in [-0.2, 0) is 23.0 Å². The summed E-state index contributed by atoms with van der Waals surface area (Å²) >= 11 is 0. The Labute approximate surface area is 185 Å². The first-order valence-electron chi connectivity index (χ1n) is 8.88. The Hall–Kier alpha value is -1.65. The van der Waals surface area contributed by atoms with Crippen LogP contribution in [0.2, 0.25) is 0 Å². The Kier molecular flexibility index (Phi) is 9.91. The number of hydrogen-bond acceptors (Lipinski definition) is 3. The van der Waals surface area contributed by atoms with Crippen LogP contribution in [0.5, 0.6) is 0 Å². The van der Waals surface area contributed by atoms with E-state index in [0.717, 1.165) is 18.5 Å². The third kappa shape index (κ3) is 7.40. The third-order valence-electron chi connectivity index (χ3n) is 4.15. The van der Waals surface area contributed by atoms with Gasteiger partial charge in [-0.2, -0.15) is 0 Å². The molecule has 28 heavy (non-hydrogen) atoms. The predicted molar refractivity (Wildman–Crippen MR) is 126 cm³/mol. The molecule has 154 valence electrons. The van der Waals surface area contributed by atoms with Crippen molar-refractivity contribution in [2.75, 3.05) is 20.6 Å². The lowest BCUT2D eigenvalue weighted by Gasteiger charge is -2.13. The number of nitrogens with one attached hydrogen (secondary N) is 3. The molecule has 8 heteroatoms. The van der Waals surface area contributed by atoms with Crippen LogP contribution >= 0.6 is 24.0 Å². The minimum absolute atomic E-state index is 0. The first kappa shape index (κ1) is 24.4. The molecule has 0 spiro atoms. The highest BCUT2D eigenvalue weighted by molar-refractivity contribution is 14.0. The van der Waals surface area contributed by atoms with Gasteiger partial charge in [-0.15, -0.1) is 24.0 Å². The van der Waals surface area contributed by atoms with E-state index >= 15 is 0 Å². The summed E-state index contributed by atoms with van der Waals surface area (Å²) in [5.74, 6) is 0.682. The number of rotatable bonds is 7. The molecule has 0 aliphatic carbocycles. The lowest BCUT2D eigenvalue weighted by atomic mass is 10.1. The molecule has 0 aliphatic rings. The van der Waals surface area contributed by atoms with Crippen LogP contribution in [0.4, 0.5) is 0 Å². The monoisotopic (exact) mass is 516 g/mol. The van der Waals surface area contributed by atoms with Gasteiger partial charge in [0, 0.05) is 20.1 Å². The predicted octanol–water partition coefficient (Wildman–Crippen LogP) is 2.74. The van der Waals surface area contributed by atoms with Gasteiger partial charge in [-0.05, 0) is 50.6 Å². The Morgan fingerprint density at radius 2 is 1.68 bits per heavy atom. The van der Waals surface area contributed by atoms with Crippen molar-refractivity contribution in [1.29, 1.82) is 0 Å². The summed E-state index contributed by atoms with van der Waals surface area (Å²) in [7, 11) is -0.320. The fraction of sp³-hybridized carbons (Fsp3) is 0.350. The molecule has 2 aromatic carbocycles. The summed E-state index contributed by atoms with van der Waals surface area (Å²) in [6.07, 6.45) is 0.902. The molecule has 0 saturated carbocycles. The molecular weight excluding hydrogens is 487 g/mol. The SMILES string of the molecule is CN=C(NCCc1cc(C)cc(C)c1)NCc1cccc(S(=O)(=O)NC)c1.I. The van der Waals surface area contributed by atoms with Crippen molar-refractivity contribution in [3.05, 3.63) is 64.7 Å². The summed E-state index contributed by atoms with van der Waals surface area (Å²) in [6.45, 7) is 5.45. The van der Waals surface area contributed by atoms with E-state index in [4.69, 9.17) is 0 Å². The number of aliphatic imine (C=N–C) groups is 1. The van der Waals surface area contributed by atoms with Crippen LogP contribution in [-0.4, -0.2) is 35.0 Å². The first-order chi connectivity index (χ1) is 12.8. The number of sulfonamides is 1. The van der Waals surface area contributed by atoms with Gasteiger partial charge >= 0.3 is 0 Å². The second-order valence-electron chi connectivity index (χ2n) is 6.45. The maximum absolute atomic E-state index is 11.9. The molecule has 0 fully saturated rings. The van der Waals surface area contributed by atoms with Gasteiger partial charge in [-0.25, -0.2) is 13.1 Å². The van der Waals surface area contributed by atoms with Crippen molar-refractivity contribution in [2.45, 2.75) is 31.7 Å². The van der Waals surface area contributed by atoms with Gasteiger partial charge in [0.1, 0.15) is 0 Å². The van der Waals surface area contributed by atoms with E-state index in [1.165, 1.54) is 23.7 Å². The second-order valence-corrected chi connectivity index (χ2v) is 8.34. The van der Waals surface area contributed by atoms with E-state index in [2.05, 4.69) is 52.4 Å². The lowest BCUT2D eigenvalue weighted by Crippen LogP contribution is -2.37. The second kappa shape index (κ2) is 11.4. The molecule has 0 heterocycles. The van der Waals surface area contributed by atoms with E-state index in [0.29, 0.717) is 12.5 Å². The van der Waals surface area contributed by atoms with Gasteiger partial charge in [-0.1, -0.05) is 41.5 Å². The van der Waals surface area contributed by atoms with Crippen molar-refractivity contribution < 1.29 is 8.42 Å². The van der Waals surface area contributed by atoms with Crippen molar-refractivity contribution in [3.8, 4) is 0 Å². The van der Waals surface area contributed by atoms with Gasteiger partial charge < -0.3 is 10.6 Å². The third-order valence-corrected chi connectivity index (χ3v) is 5.56. The zero-order chi connectivity index (χ0) is 19.9. The summed E-state index contributed by atoms with van der Waals surface area (Å²) < 4.78 is 26.1. The highest BCUT2D eigenvalue weighted by atomic mass is 127. The van der Waals surface area contributed by atoms with Crippen molar-refractivity contribution in [2.24, 2.45) is 4.99 Å². The molecule has 2 rings (SSSR count). The zero-order valence-electron chi connectivity index (χ0n) is 16.7.